The largest absolute Gasteiger partial charge is 0.397 e. The summed E-state index contributed by atoms with van der Waals surface area (Å²) < 4.78 is 29.3. The molecule has 3 N–H and O–H groups in total. The Morgan fingerprint density at radius 3 is 2.36 bits per heavy atom. The Hall–Kier alpha value is -0.300. The van der Waals surface area contributed by atoms with Crippen LogP contribution in [0, 0.1) is 0 Å². The first-order valence-electron chi connectivity index (χ1n) is 2.43. The summed E-state index contributed by atoms with van der Waals surface area (Å²) in [6, 6.07) is 1.11. The maximum atomic E-state index is 10.5. The van der Waals surface area contributed by atoms with E-state index in [9.17, 15) is 8.42 Å². The van der Waals surface area contributed by atoms with E-state index in [2.05, 4.69) is 0 Å². The Morgan fingerprint density at radius 1 is 1.64 bits per heavy atom. The van der Waals surface area contributed by atoms with Gasteiger partial charge in [-0.1, -0.05) is 11.6 Å². The SMILES string of the molecule is Nc1cc(S(=O)(=O)O)sc1Cl. The molecule has 0 saturated carbocycles. The second kappa shape index (κ2) is 2.63. The Labute approximate surface area is 72.3 Å². The molecule has 0 aliphatic carbocycles. The molecule has 1 rings (SSSR count). The highest BCUT2D eigenvalue weighted by molar-refractivity contribution is 7.88. The predicted octanol–water partition coefficient (Wildman–Crippen LogP) is 1.23. The van der Waals surface area contributed by atoms with Crippen LogP contribution in [0.4, 0.5) is 5.69 Å². The fourth-order valence-electron chi connectivity index (χ4n) is 0.488. The summed E-state index contributed by atoms with van der Waals surface area (Å²) in [5.74, 6) is 0. The molecule has 1 heterocycles. The first kappa shape index (κ1) is 8.79. The van der Waals surface area contributed by atoms with Gasteiger partial charge in [-0.2, -0.15) is 8.42 Å². The van der Waals surface area contributed by atoms with Crippen LogP contribution < -0.4 is 5.73 Å². The van der Waals surface area contributed by atoms with Crippen LogP contribution in [0.2, 0.25) is 4.34 Å². The van der Waals surface area contributed by atoms with E-state index in [1.54, 1.807) is 0 Å². The van der Waals surface area contributed by atoms with Crippen LogP contribution in [0.1, 0.15) is 0 Å². The molecular formula is C4H4ClNO3S2. The molecule has 0 atom stereocenters. The summed E-state index contributed by atoms with van der Waals surface area (Å²) in [7, 11) is -4.15. The summed E-state index contributed by atoms with van der Waals surface area (Å²) in [5, 5.41) is 0. The lowest BCUT2D eigenvalue weighted by Crippen LogP contribution is -1.93. The number of thiophene rings is 1. The molecule has 0 aliphatic heterocycles. The van der Waals surface area contributed by atoms with Crippen molar-refractivity contribution in [2.45, 2.75) is 4.21 Å². The Kier molecular flexibility index (Phi) is 2.10. The molecule has 0 unspecified atom stereocenters. The third-order valence-corrected chi connectivity index (χ3v) is 3.64. The number of hydrogen-bond donors (Lipinski definition) is 2. The van der Waals surface area contributed by atoms with Crippen molar-refractivity contribution in [1.29, 1.82) is 0 Å². The summed E-state index contributed by atoms with van der Waals surface area (Å²) in [4.78, 5) is 0. The van der Waals surface area contributed by atoms with Gasteiger partial charge in [0, 0.05) is 0 Å². The lowest BCUT2D eigenvalue weighted by atomic mass is 10.6. The molecule has 0 amide bonds. The van der Waals surface area contributed by atoms with E-state index in [0.717, 1.165) is 17.4 Å². The van der Waals surface area contributed by atoms with Crippen LogP contribution >= 0.6 is 22.9 Å². The zero-order valence-electron chi connectivity index (χ0n) is 5.11. The van der Waals surface area contributed by atoms with Crippen LogP contribution in [0.3, 0.4) is 0 Å². The van der Waals surface area contributed by atoms with E-state index < -0.39 is 10.1 Å². The smallest absolute Gasteiger partial charge is 0.304 e. The topological polar surface area (TPSA) is 80.4 Å². The van der Waals surface area contributed by atoms with Crippen molar-refractivity contribution in [2.24, 2.45) is 0 Å². The van der Waals surface area contributed by atoms with Gasteiger partial charge in [0.05, 0.1) is 5.69 Å². The fraction of sp³-hybridized carbons (Fsp3) is 0. The average Bonchev–Trinajstić information content (AvgIpc) is 2.11. The number of nitrogen functional groups attached to an aromatic ring is 1. The highest BCUT2D eigenvalue weighted by atomic mass is 35.5. The maximum absolute atomic E-state index is 10.5. The van der Waals surface area contributed by atoms with Crippen molar-refractivity contribution in [3.8, 4) is 0 Å². The van der Waals surface area contributed by atoms with Crippen LogP contribution in [-0.2, 0) is 10.1 Å². The van der Waals surface area contributed by atoms with Crippen molar-refractivity contribution < 1.29 is 13.0 Å². The molecule has 62 valence electrons. The normalized spacial score (nSPS) is 11.8. The minimum atomic E-state index is -4.15. The molecule has 0 radical (unpaired) electrons. The fourth-order valence-corrected chi connectivity index (χ4v) is 2.42. The van der Waals surface area contributed by atoms with Gasteiger partial charge in [0.1, 0.15) is 8.55 Å². The van der Waals surface area contributed by atoms with Crippen LogP contribution in [0.15, 0.2) is 10.3 Å². The number of rotatable bonds is 1. The minimum absolute atomic E-state index is 0.157. The van der Waals surface area contributed by atoms with Gasteiger partial charge in [-0.3, -0.25) is 4.55 Å². The molecule has 0 aliphatic rings. The van der Waals surface area contributed by atoms with E-state index in [4.69, 9.17) is 21.9 Å². The Bertz CT molecular complexity index is 349. The minimum Gasteiger partial charge on any atom is -0.397 e. The third kappa shape index (κ3) is 1.84. The van der Waals surface area contributed by atoms with Gasteiger partial charge in [0.25, 0.3) is 0 Å². The van der Waals surface area contributed by atoms with Gasteiger partial charge in [-0.05, 0) is 6.07 Å². The number of nitrogens with two attached hydrogens (primary N) is 1. The summed E-state index contributed by atoms with van der Waals surface area (Å²) in [6.07, 6.45) is 0. The van der Waals surface area contributed by atoms with E-state index in [1.807, 2.05) is 0 Å². The highest BCUT2D eigenvalue weighted by Gasteiger charge is 2.14. The maximum Gasteiger partial charge on any atom is 0.304 e. The molecule has 0 fully saturated rings. The van der Waals surface area contributed by atoms with Gasteiger partial charge in [0.15, 0.2) is 0 Å². The number of halogens is 1. The molecule has 0 aromatic carbocycles. The summed E-state index contributed by atoms with van der Waals surface area (Å²) in [6.45, 7) is 0. The molecule has 0 bridgehead atoms. The Balaban J connectivity index is 3.29. The van der Waals surface area contributed by atoms with Crippen molar-refractivity contribution in [3.05, 3.63) is 10.4 Å². The zero-order valence-corrected chi connectivity index (χ0v) is 7.50. The highest BCUT2D eigenvalue weighted by Crippen LogP contribution is 2.32. The second-order valence-electron chi connectivity index (χ2n) is 1.77. The molecule has 1 aromatic rings. The molecule has 1 aromatic heterocycles. The molecular weight excluding hydrogens is 210 g/mol. The van der Waals surface area contributed by atoms with Gasteiger partial charge in [-0.15, -0.1) is 11.3 Å². The van der Waals surface area contributed by atoms with Gasteiger partial charge in [0.2, 0.25) is 0 Å². The van der Waals surface area contributed by atoms with Crippen LogP contribution in [0.25, 0.3) is 0 Å². The van der Waals surface area contributed by atoms with Gasteiger partial charge in [-0.25, -0.2) is 0 Å². The lowest BCUT2D eigenvalue weighted by molar-refractivity contribution is 0.485. The number of hydrogen-bond acceptors (Lipinski definition) is 4. The lowest BCUT2D eigenvalue weighted by Gasteiger charge is -1.85. The van der Waals surface area contributed by atoms with E-state index in [0.29, 0.717) is 0 Å². The standard InChI is InChI=1S/C4H4ClNO3S2/c5-4-2(6)1-3(10-4)11(7,8)9/h1H,6H2,(H,7,8,9). The second-order valence-corrected chi connectivity index (χ2v) is 5.07. The summed E-state index contributed by atoms with van der Waals surface area (Å²) in [5.41, 5.74) is 5.40. The quantitative estimate of drug-likeness (QED) is 0.688. The third-order valence-electron chi connectivity index (χ3n) is 0.945. The van der Waals surface area contributed by atoms with Crippen molar-refractivity contribution >= 4 is 38.7 Å². The molecule has 7 heteroatoms. The van der Waals surface area contributed by atoms with Gasteiger partial charge >= 0.3 is 10.1 Å². The van der Waals surface area contributed by atoms with Gasteiger partial charge < -0.3 is 5.73 Å². The zero-order chi connectivity index (χ0) is 8.65. The monoisotopic (exact) mass is 213 g/mol. The van der Waals surface area contributed by atoms with Crippen LogP contribution in [0.5, 0.6) is 0 Å². The number of anilines is 1. The van der Waals surface area contributed by atoms with Crippen molar-refractivity contribution in [3.63, 3.8) is 0 Å². The van der Waals surface area contributed by atoms with E-state index >= 15 is 0 Å². The molecule has 4 nitrogen and oxygen atoms in total. The first-order chi connectivity index (χ1) is 4.91. The van der Waals surface area contributed by atoms with E-state index in [-0.39, 0.29) is 14.2 Å². The Morgan fingerprint density at radius 2 is 2.18 bits per heavy atom. The predicted molar refractivity (Wildman–Crippen MR) is 43.6 cm³/mol. The average molecular weight is 214 g/mol. The molecule has 0 saturated heterocycles. The first-order valence-corrected chi connectivity index (χ1v) is 5.07. The van der Waals surface area contributed by atoms with Crippen molar-refractivity contribution in [1.82, 2.24) is 0 Å². The van der Waals surface area contributed by atoms with E-state index in [1.165, 1.54) is 0 Å². The molecule has 0 spiro atoms. The van der Waals surface area contributed by atoms with Crippen molar-refractivity contribution in [2.75, 3.05) is 5.73 Å². The molecule has 11 heavy (non-hydrogen) atoms. The summed E-state index contributed by atoms with van der Waals surface area (Å²) >= 11 is 6.18. The van der Waals surface area contributed by atoms with Crippen LogP contribution in [-0.4, -0.2) is 13.0 Å².